The zero-order valence-corrected chi connectivity index (χ0v) is 8.71. The van der Waals surface area contributed by atoms with E-state index in [2.05, 4.69) is 0 Å². The summed E-state index contributed by atoms with van der Waals surface area (Å²) in [6.45, 7) is 1.25. The molecule has 82 valence electrons. The summed E-state index contributed by atoms with van der Waals surface area (Å²) in [5.74, 6) is 1.07. The Labute approximate surface area is 89.2 Å². The summed E-state index contributed by atoms with van der Waals surface area (Å²) in [7, 11) is 0. The summed E-state index contributed by atoms with van der Waals surface area (Å²) in [4.78, 5) is 0. The first-order chi connectivity index (χ1) is 7.28. The van der Waals surface area contributed by atoms with E-state index >= 15 is 0 Å². The van der Waals surface area contributed by atoms with Crippen molar-refractivity contribution in [2.45, 2.75) is 19.3 Å². The Morgan fingerprint density at radius 3 is 2.80 bits per heavy atom. The van der Waals surface area contributed by atoms with E-state index in [0.29, 0.717) is 31.2 Å². The summed E-state index contributed by atoms with van der Waals surface area (Å²) >= 11 is 0. The summed E-state index contributed by atoms with van der Waals surface area (Å²) < 4.78 is 18.7. The largest absolute Gasteiger partial charge is 0.493 e. The second kappa shape index (κ2) is 4.62. The van der Waals surface area contributed by atoms with Crippen molar-refractivity contribution < 1.29 is 9.13 Å². The van der Waals surface area contributed by atoms with Gasteiger partial charge in [-0.25, -0.2) is 4.39 Å². The van der Waals surface area contributed by atoms with Crippen LogP contribution >= 0.6 is 0 Å². The van der Waals surface area contributed by atoms with Gasteiger partial charge in [-0.1, -0.05) is 0 Å². The minimum atomic E-state index is -0.244. The molecule has 0 aliphatic heterocycles. The molecule has 2 N–H and O–H groups in total. The normalized spacial score (nSPS) is 15.3. The van der Waals surface area contributed by atoms with Crippen LogP contribution in [-0.2, 0) is 6.42 Å². The van der Waals surface area contributed by atoms with Crippen molar-refractivity contribution in [3.8, 4) is 5.75 Å². The minimum Gasteiger partial charge on any atom is -0.493 e. The lowest BCUT2D eigenvalue weighted by Gasteiger charge is -2.07. The standard InChI is InChI=1S/C12H16FNO/c13-11-5-10(3-4-14)6-12(7-11)15-8-9-1-2-9/h5-7,9H,1-4,8,14H2. The number of halogens is 1. The van der Waals surface area contributed by atoms with Gasteiger partial charge in [0.1, 0.15) is 11.6 Å². The summed E-state index contributed by atoms with van der Waals surface area (Å²) in [6.07, 6.45) is 3.17. The molecular weight excluding hydrogens is 193 g/mol. The molecule has 0 aromatic heterocycles. The molecule has 1 fully saturated rings. The zero-order chi connectivity index (χ0) is 10.7. The SMILES string of the molecule is NCCc1cc(F)cc(OCC2CC2)c1. The highest BCUT2D eigenvalue weighted by Crippen LogP contribution is 2.29. The van der Waals surface area contributed by atoms with E-state index in [-0.39, 0.29) is 5.82 Å². The smallest absolute Gasteiger partial charge is 0.127 e. The predicted octanol–water partition coefficient (Wildman–Crippen LogP) is 2.12. The van der Waals surface area contributed by atoms with Gasteiger partial charge >= 0.3 is 0 Å². The van der Waals surface area contributed by atoms with Gasteiger partial charge in [-0.05, 0) is 49.4 Å². The van der Waals surface area contributed by atoms with E-state index in [4.69, 9.17) is 10.5 Å². The molecule has 2 rings (SSSR count). The van der Waals surface area contributed by atoms with Crippen LogP contribution in [0.25, 0.3) is 0 Å². The molecule has 1 saturated carbocycles. The quantitative estimate of drug-likeness (QED) is 0.806. The topological polar surface area (TPSA) is 35.2 Å². The average molecular weight is 209 g/mol. The van der Waals surface area contributed by atoms with Gasteiger partial charge in [0.25, 0.3) is 0 Å². The molecule has 0 radical (unpaired) electrons. The van der Waals surface area contributed by atoms with Crippen molar-refractivity contribution in [1.29, 1.82) is 0 Å². The third kappa shape index (κ3) is 3.20. The molecule has 0 heterocycles. The average Bonchev–Trinajstić information content (AvgIpc) is 2.98. The van der Waals surface area contributed by atoms with Gasteiger partial charge in [0.05, 0.1) is 6.61 Å². The van der Waals surface area contributed by atoms with Gasteiger partial charge < -0.3 is 10.5 Å². The third-order valence-corrected chi connectivity index (χ3v) is 2.55. The Kier molecular flexibility index (Phi) is 3.21. The Balaban J connectivity index is 2.00. The van der Waals surface area contributed by atoms with Crippen molar-refractivity contribution in [2.75, 3.05) is 13.2 Å². The number of hydrogen-bond acceptors (Lipinski definition) is 2. The van der Waals surface area contributed by atoms with Crippen molar-refractivity contribution >= 4 is 0 Å². The molecule has 1 aromatic carbocycles. The molecule has 0 amide bonds. The van der Waals surface area contributed by atoms with Crippen molar-refractivity contribution in [1.82, 2.24) is 0 Å². The fourth-order valence-corrected chi connectivity index (χ4v) is 1.51. The van der Waals surface area contributed by atoms with E-state index in [1.807, 2.05) is 6.07 Å². The zero-order valence-electron chi connectivity index (χ0n) is 8.71. The molecule has 2 nitrogen and oxygen atoms in total. The van der Waals surface area contributed by atoms with E-state index in [1.165, 1.54) is 25.0 Å². The summed E-state index contributed by atoms with van der Waals surface area (Å²) in [5.41, 5.74) is 6.34. The van der Waals surface area contributed by atoms with Gasteiger partial charge in [-0.15, -0.1) is 0 Å². The summed E-state index contributed by atoms with van der Waals surface area (Å²) in [5, 5.41) is 0. The maximum atomic E-state index is 13.2. The van der Waals surface area contributed by atoms with E-state index in [0.717, 1.165) is 5.56 Å². The molecule has 0 atom stereocenters. The molecule has 0 bridgehead atoms. The lowest BCUT2D eigenvalue weighted by atomic mass is 10.1. The van der Waals surface area contributed by atoms with Crippen LogP contribution in [0.1, 0.15) is 18.4 Å². The third-order valence-electron chi connectivity index (χ3n) is 2.55. The van der Waals surface area contributed by atoms with Crippen LogP contribution in [0.3, 0.4) is 0 Å². The summed E-state index contributed by atoms with van der Waals surface area (Å²) in [6, 6.07) is 4.82. The Morgan fingerprint density at radius 2 is 2.13 bits per heavy atom. The molecule has 15 heavy (non-hydrogen) atoms. The number of rotatable bonds is 5. The molecular formula is C12H16FNO. The highest BCUT2D eigenvalue weighted by Gasteiger charge is 2.21. The molecule has 1 aromatic rings. The Bertz CT molecular complexity index is 336. The fraction of sp³-hybridized carbons (Fsp3) is 0.500. The number of nitrogens with two attached hydrogens (primary N) is 1. The Hall–Kier alpha value is -1.09. The fourth-order valence-electron chi connectivity index (χ4n) is 1.51. The second-order valence-corrected chi connectivity index (χ2v) is 4.09. The number of ether oxygens (including phenoxy) is 1. The van der Waals surface area contributed by atoms with E-state index in [1.54, 1.807) is 0 Å². The van der Waals surface area contributed by atoms with Crippen molar-refractivity contribution in [2.24, 2.45) is 11.7 Å². The maximum Gasteiger partial charge on any atom is 0.127 e. The van der Waals surface area contributed by atoms with Crippen LogP contribution in [0.4, 0.5) is 4.39 Å². The number of benzene rings is 1. The van der Waals surface area contributed by atoms with Crippen LogP contribution in [0.2, 0.25) is 0 Å². The molecule has 0 saturated heterocycles. The molecule has 3 heteroatoms. The number of hydrogen-bond donors (Lipinski definition) is 1. The van der Waals surface area contributed by atoms with Gasteiger partial charge in [0, 0.05) is 6.07 Å². The second-order valence-electron chi connectivity index (χ2n) is 4.09. The lowest BCUT2D eigenvalue weighted by Crippen LogP contribution is -2.04. The lowest BCUT2D eigenvalue weighted by molar-refractivity contribution is 0.298. The first-order valence-corrected chi connectivity index (χ1v) is 5.40. The van der Waals surface area contributed by atoms with Crippen LogP contribution in [-0.4, -0.2) is 13.2 Å². The molecule has 0 unspecified atom stereocenters. The van der Waals surface area contributed by atoms with Gasteiger partial charge in [-0.2, -0.15) is 0 Å². The first kappa shape index (κ1) is 10.4. The predicted molar refractivity (Wildman–Crippen MR) is 57.4 cm³/mol. The Morgan fingerprint density at radius 1 is 1.33 bits per heavy atom. The molecule has 1 aliphatic rings. The first-order valence-electron chi connectivity index (χ1n) is 5.40. The monoisotopic (exact) mass is 209 g/mol. The van der Waals surface area contributed by atoms with Crippen molar-refractivity contribution in [3.63, 3.8) is 0 Å². The van der Waals surface area contributed by atoms with E-state index < -0.39 is 0 Å². The van der Waals surface area contributed by atoms with Gasteiger partial charge in [-0.3, -0.25) is 0 Å². The highest BCUT2D eigenvalue weighted by molar-refractivity contribution is 5.29. The van der Waals surface area contributed by atoms with Crippen LogP contribution in [0, 0.1) is 11.7 Å². The minimum absolute atomic E-state index is 0.244. The van der Waals surface area contributed by atoms with Gasteiger partial charge in [0.15, 0.2) is 0 Å². The van der Waals surface area contributed by atoms with Crippen LogP contribution in [0.5, 0.6) is 5.75 Å². The van der Waals surface area contributed by atoms with Gasteiger partial charge in [0.2, 0.25) is 0 Å². The van der Waals surface area contributed by atoms with Crippen LogP contribution in [0.15, 0.2) is 18.2 Å². The van der Waals surface area contributed by atoms with Crippen LogP contribution < -0.4 is 10.5 Å². The highest BCUT2D eigenvalue weighted by atomic mass is 19.1. The molecule has 1 aliphatic carbocycles. The van der Waals surface area contributed by atoms with Crippen molar-refractivity contribution in [3.05, 3.63) is 29.6 Å². The van der Waals surface area contributed by atoms with E-state index in [9.17, 15) is 4.39 Å². The molecule has 0 spiro atoms. The maximum absolute atomic E-state index is 13.2.